The lowest BCUT2D eigenvalue weighted by molar-refractivity contribution is -0.119. The summed E-state index contributed by atoms with van der Waals surface area (Å²) < 4.78 is 5.72. The molecule has 0 saturated carbocycles. The van der Waals surface area contributed by atoms with Crippen LogP contribution in [0.4, 0.5) is 0 Å². The molecule has 0 bridgehead atoms. The maximum absolute atomic E-state index is 10.9. The molecule has 7 nitrogen and oxygen atoms in total. The van der Waals surface area contributed by atoms with Gasteiger partial charge < -0.3 is 21.5 Å². The van der Waals surface area contributed by atoms with Crippen LogP contribution in [0.1, 0.15) is 44.1 Å². The highest BCUT2D eigenvalue weighted by molar-refractivity contribution is 6.32. The van der Waals surface area contributed by atoms with Crippen molar-refractivity contribution in [3.8, 4) is 5.75 Å². The van der Waals surface area contributed by atoms with E-state index in [0.29, 0.717) is 30.0 Å². The van der Waals surface area contributed by atoms with Crippen molar-refractivity contribution in [1.29, 1.82) is 0 Å². The highest BCUT2D eigenvalue weighted by atomic mass is 35.5. The largest absolute Gasteiger partial charge is 0.490 e. The van der Waals surface area contributed by atoms with Crippen LogP contribution in [0.3, 0.4) is 0 Å². The van der Waals surface area contributed by atoms with Gasteiger partial charge in [-0.2, -0.15) is 0 Å². The fourth-order valence-corrected chi connectivity index (χ4v) is 2.61. The van der Waals surface area contributed by atoms with E-state index in [4.69, 9.17) is 27.8 Å². The van der Waals surface area contributed by atoms with Crippen molar-refractivity contribution in [1.82, 2.24) is 5.32 Å². The van der Waals surface area contributed by atoms with E-state index in [1.165, 1.54) is 0 Å². The third-order valence-electron chi connectivity index (χ3n) is 3.87. The van der Waals surface area contributed by atoms with E-state index in [1.807, 2.05) is 12.1 Å². The maximum atomic E-state index is 10.9. The molecule has 0 fully saturated rings. The Morgan fingerprint density at radius 2 is 1.88 bits per heavy atom. The standard InChI is InChI=1S/C18H26ClN3O4/c19-15-8-6-13(4-2-1-3-5-17(20)24)10-16(15)26-11-14(22-12-23)7-9-18(21)25/h6,8,10,12,14H,1-5,7,9,11H2,(H2,20,24)(H2,21,25)(H,22,23)/t14-/m0/s1. The lowest BCUT2D eigenvalue weighted by Gasteiger charge is -2.17. The summed E-state index contributed by atoms with van der Waals surface area (Å²) in [6, 6.07) is 5.23. The number of carbonyl (C=O) groups is 3. The predicted molar refractivity (Wildman–Crippen MR) is 99.7 cm³/mol. The van der Waals surface area contributed by atoms with Crippen LogP contribution in [0.25, 0.3) is 0 Å². The zero-order valence-electron chi connectivity index (χ0n) is 14.7. The molecule has 144 valence electrons. The minimum atomic E-state index is -0.431. The molecule has 3 amide bonds. The molecule has 0 aliphatic rings. The molecule has 1 atom stereocenters. The van der Waals surface area contributed by atoms with E-state index in [2.05, 4.69) is 5.32 Å². The first-order valence-corrected chi connectivity index (χ1v) is 8.97. The number of rotatable bonds is 14. The van der Waals surface area contributed by atoms with E-state index in [1.54, 1.807) is 6.07 Å². The molecule has 5 N–H and O–H groups in total. The van der Waals surface area contributed by atoms with Gasteiger partial charge in [0.25, 0.3) is 0 Å². The Morgan fingerprint density at radius 1 is 1.15 bits per heavy atom. The third kappa shape index (κ3) is 9.27. The van der Waals surface area contributed by atoms with Crippen molar-refractivity contribution in [2.24, 2.45) is 11.5 Å². The van der Waals surface area contributed by atoms with Gasteiger partial charge in [0.2, 0.25) is 18.2 Å². The zero-order valence-corrected chi connectivity index (χ0v) is 15.5. The van der Waals surface area contributed by atoms with Crippen LogP contribution in [0, 0.1) is 0 Å². The molecule has 8 heteroatoms. The summed E-state index contributed by atoms with van der Waals surface area (Å²) in [7, 11) is 0. The van der Waals surface area contributed by atoms with Crippen LogP contribution in [0.5, 0.6) is 5.75 Å². The number of nitrogens with one attached hydrogen (secondary N) is 1. The molecular weight excluding hydrogens is 358 g/mol. The van der Waals surface area contributed by atoms with Crippen LogP contribution in [0.2, 0.25) is 5.02 Å². The lowest BCUT2D eigenvalue weighted by Crippen LogP contribution is -2.34. The number of benzene rings is 1. The van der Waals surface area contributed by atoms with Crippen LogP contribution in [-0.4, -0.2) is 30.9 Å². The molecule has 1 aromatic rings. The number of nitrogens with two attached hydrogens (primary N) is 2. The first-order valence-electron chi connectivity index (χ1n) is 8.60. The second kappa shape index (κ2) is 12.1. The van der Waals surface area contributed by atoms with Gasteiger partial charge in [-0.25, -0.2) is 0 Å². The van der Waals surface area contributed by atoms with E-state index >= 15 is 0 Å². The quantitative estimate of drug-likeness (QED) is 0.334. The molecule has 0 radical (unpaired) electrons. The number of hydrogen-bond donors (Lipinski definition) is 3. The van der Waals surface area contributed by atoms with Crippen molar-refractivity contribution >= 4 is 29.8 Å². The summed E-state index contributed by atoms with van der Waals surface area (Å²) in [5, 5.41) is 3.08. The fraction of sp³-hybridized carbons (Fsp3) is 0.500. The number of halogens is 1. The summed E-state index contributed by atoms with van der Waals surface area (Å²) in [4.78, 5) is 32.3. The van der Waals surface area contributed by atoms with Crippen molar-refractivity contribution in [2.45, 2.75) is 51.0 Å². The van der Waals surface area contributed by atoms with Gasteiger partial charge in [0.15, 0.2) is 0 Å². The van der Waals surface area contributed by atoms with Crippen LogP contribution >= 0.6 is 11.6 Å². The smallest absolute Gasteiger partial charge is 0.217 e. The highest BCUT2D eigenvalue weighted by Gasteiger charge is 2.12. The molecule has 0 spiro atoms. The number of hydrogen-bond acceptors (Lipinski definition) is 4. The topological polar surface area (TPSA) is 125 Å². The van der Waals surface area contributed by atoms with Crippen molar-refractivity contribution in [3.63, 3.8) is 0 Å². The molecule has 0 aliphatic carbocycles. The number of carbonyl (C=O) groups excluding carboxylic acids is 3. The Morgan fingerprint density at radius 3 is 2.54 bits per heavy atom. The van der Waals surface area contributed by atoms with E-state index < -0.39 is 5.91 Å². The number of ether oxygens (including phenoxy) is 1. The summed E-state index contributed by atoms with van der Waals surface area (Å²) in [6.07, 6.45) is 5.00. The van der Waals surface area contributed by atoms with E-state index in [-0.39, 0.29) is 25.0 Å². The molecule has 0 aromatic heterocycles. The molecule has 0 aliphatic heterocycles. The normalized spacial score (nSPS) is 11.6. The van der Waals surface area contributed by atoms with Gasteiger partial charge in [0.1, 0.15) is 12.4 Å². The van der Waals surface area contributed by atoms with Gasteiger partial charge in [-0.05, 0) is 43.4 Å². The van der Waals surface area contributed by atoms with Gasteiger partial charge in [0.05, 0.1) is 11.1 Å². The highest BCUT2D eigenvalue weighted by Crippen LogP contribution is 2.26. The minimum absolute atomic E-state index is 0.161. The Labute approximate surface area is 158 Å². The fourth-order valence-electron chi connectivity index (χ4n) is 2.44. The van der Waals surface area contributed by atoms with Crippen LogP contribution < -0.4 is 21.5 Å². The molecule has 26 heavy (non-hydrogen) atoms. The lowest BCUT2D eigenvalue weighted by atomic mass is 10.1. The van der Waals surface area contributed by atoms with Gasteiger partial charge in [-0.1, -0.05) is 24.1 Å². The van der Waals surface area contributed by atoms with E-state index in [9.17, 15) is 14.4 Å². The Bertz CT molecular complexity index is 610. The first-order chi connectivity index (χ1) is 12.4. The van der Waals surface area contributed by atoms with Gasteiger partial charge in [-0.3, -0.25) is 14.4 Å². The average molecular weight is 384 g/mol. The monoisotopic (exact) mass is 383 g/mol. The molecule has 0 unspecified atom stereocenters. The summed E-state index contributed by atoms with van der Waals surface area (Å²) in [6.45, 7) is 0.188. The second-order valence-corrected chi connectivity index (χ2v) is 6.50. The number of aryl methyl sites for hydroxylation is 1. The predicted octanol–water partition coefficient (Wildman–Crippen LogP) is 1.69. The second-order valence-electron chi connectivity index (χ2n) is 6.09. The molecular formula is C18H26ClN3O4. The zero-order chi connectivity index (χ0) is 19.4. The minimum Gasteiger partial charge on any atom is -0.490 e. The summed E-state index contributed by atoms with van der Waals surface area (Å²) in [5.74, 6) is -0.181. The van der Waals surface area contributed by atoms with Crippen LogP contribution in [-0.2, 0) is 20.8 Å². The molecule has 0 heterocycles. The molecule has 1 aromatic carbocycles. The van der Waals surface area contributed by atoms with Gasteiger partial charge >= 0.3 is 0 Å². The first kappa shape index (κ1) is 21.8. The van der Waals surface area contributed by atoms with Crippen molar-refractivity contribution in [2.75, 3.05) is 6.61 Å². The third-order valence-corrected chi connectivity index (χ3v) is 4.18. The maximum Gasteiger partial charge on any atom is 0.217 e. The summed E-state index contributed by atoms with van der Waals surface area (Å²) in [5.41, 5.74) is 11.3. The molecule has 0 saturated heterocycles. The Balaban J connectivity index is 2.52. The average Bonchev–Trinajstić information content (AvgIpc) is 2.58. The number of unbranched alkanes of at least 4 members (excludes halogenated alkanes) is 2. The SMILES string of the molecule is NC(=O)CCCCCc1ccc(Cl)c(OC[C@H](CCC(N)=O)NC=O)c1. The molecule has 1 rings (SSSR count). The van der Waals surface area contributed by atoms with Gasteiger partial charge in [-0.15, -0.1) is 0 Å². The number of primary amides is 2. The van der Waals surface area contributed by atoms with E-state index in [0.717, 1.165) is 31.2 Å². The van der Waals surface area contributed by atoms with Crippen LogP contribution in [0.15, 0.2) is 18.2 Å². The van der Waals surface area contributed by atoms with Crippen molar-refractivity contribution < 1.29 is 19.1 Å². The van der Waals surface area contributed by atoms with Gasteiger partial charge in [0, 0.05) is 12.8 Å². The Hall–Kier alpha value is -2.28. The van der Waals surface area contributed by atoms with Crippen molar-refractivity contribution in [3.05, 3.63) is 28.8 Å². The number of amides is 3. The Kier molecular flexibility index (Phi) is 10.2. The summed E-state index contributed by atoms with van der Waals surface area (Å²) >= 11 is 6.16.